The minimum Gasteiger partial charge on any atom is -0.455 e. The predicted octanol–water partition coefficient (Wildman–Crippen LogP) is 3.61. The molecule has 142 valence electrons. The van der Waals surface area contributed by atoms with Gasteiger partial charge in [-0.15, -0.1) is 0 Å². The van der Waals surface area contributed by atoms with Crippen LogP contribution in [0, 0.1) is 15.9 Å². The summed E-state index contributed by atoms with van der Waals surface area (Å²) in [6, 6.07) is 16.0. The van der Waals surface area contributed by atoms with E-state index in [1.54, 1.807) is 6.07 Å². The van der Waals surface area contributed by atoms with Gasteiger partial charge in [0, 0.05) is 12.1 Å². The molecule has 7 nitrogen and oxygen atoms in total. The fraction of sp³-hybridized carbons (Fsp3) is 0.100. The number of esters is 1. The lowest BCUT2D eigenvalue weighted by Crippen LogP contribution is -2.22. The number of carbonyl (C=O) groups is 2. The van der Waals surface area contributed by atoms with Crippen LogP contribution < -0.4 is 5.32 Å². The smallest absolute Gasteiger partial charge is 0.310 e. The number of anilines is 1. The molecule has 0 unspecified atom stereocenters. The molecule has 0 heterocycles. The standard InChI is InChI=1S/C20H15FN2O5/c21-17-8-7-16(23(26)27)11-18(17)22-19(24)12-28-20(25)10-13-5-6-14-3-1-2-4-15(14)9-13/h1-9,11H,10,12H2,(H,22,24). The maximum atomic E-state index is 13.7. The Morgan fingerprint density at radius 3 is 2.54 bits per heavy atom. The maximum Gasteiger partial charge on any atom is 0.310 e. The molecular formula is C20H15FN2O5. The first kappa shape index (κ1) is 19.0. The quantitative estimate of drug-likeness (QED) is 0.399. The number of benzene rings is 3. The van der Waals surface area contributed by atoms with Gasteiger partial charge in [0.25, 0.3) is 11.6 Å². The summed E-state index contributed by atoms with van der Waals surface area (Å²) in [5.41, 5.74) is 0.00335. The van der Waals surface area contributed by atoms with Gasteiger partial charge in [-0.3, -0.25) is 19.7 Å². The number of hydrogen-bond donors (Lipinski definition) is 1. The monoisotopic (exact) mass is 382 g/mol. The molecule has 1 amide bonds. The minimum atomic E-state index is -0.832. The highest BCUT2D eigenvalue weighted by molar-refractivity contribution is 5.93. The van der Waals surface area contributed by atoms with Crippen LogP contribution in [0.25, 0.3) is 10.8 Å². The van der Waals surface area contributed by atoms with E-state index >= 15 is 0 Å². The SMILES string of the molecule is O=C(COC(=O)Cc1ccc2ccccc2c1)Nc1cc([N+](=O)[O-])ccc1F. The Bertz CT molecular complexity index is 1070. The van der Waals surface area contributed by atoms with Crippen LogP contribution in [0.2, 0.25) is 0 Å². The van der Waals surface area contributed by atoms with E-state index in [1.807, 2.05) is 36.4 Å². The number of carbonyl (C=O) groups excluding carboxylic acids is 2. The van der Waals surface area contributed by atoms with E-state index in [-0.39, 0.29) is 17.8 Å². The van der Waals surface area contributed by atoms with E-state index in [1.165, 1.54) is 0 Å². The third-order valence-corrected chi connectivity index (χ3v) is 3.96. The fourth-order valence-electron chi connectivity index (χ4n) is 2.62. The molecule has 1 N–H and O–H groups in total. The van der Waals surface area contributed by atoms with Crippen molar-refractivity contribution in [2.24, 2.45) is 0 Å². The summed E-state index contributed by atoms with van der Waals surface area (Å²) in [4.78, 5) is 33.8. The summed E-state index contributed by atoms with van der Waals surface area (Å²) in [6.07, 6.45) is -0.0245. The van der Waals surface area contributed by atoms with Gasteiger partial charge in [-0.2, -0.15) is 0 Å². The summed E-state index contributed by atoms with van der Waals surface area (Å²) in [5.74, 6) is -2.25. The predicted molar refractivity (Wildman–Crippen MR) is 100 cm³/mol. The summed E-state index contributed by atoms with van der Waals surface area (Å²) in [7, 11) is 0. The summed E-state index contributed by atoms with van der Waals surface area (Å²) in [6.45, 7) is -0.630. The molecule has 0 saturated heterocycles. The van der Waals surface area contributed by atoms with E-state index in [0.29, 0.717) is 0 Å². The molecule has 3 aromatic carbocycles. The molecule has 0 saturated carbocycles. The van der Waals surface area contributed by atoms with Gasteiger partial charge in [-0.25, -0.2) is 4.39 Å². The summed E-state index contributed by atoms with van der Waals surface area (Å²) in [5, 5.41) is 14.9. The molecule has 0 aliphatic rings. The minimum absolute atomic E-state index is 0.0245. The fourth-order valence-corrected chi connectivity index (χ4v) is 2.62. The Morgan fingerprint density at radius 1 is 1.04 bits per heavy atom. The number of nitro groups is 1. The normalized spacial score (nSPS) is 10.5. The summed E-state index contributed by atoms with van der Waals surface area (Å²) >= 11 is 0. The average Bonchev–Trinajstić information content (AvgIpc) is 2.68. The number of nitrogens with one attached hydrogen (secondary N) is 1. The molecule has 0 spiro atoms. The zero-order chi connectivity index (χ0) is 20.1. The second kappa shape index (κ2) is 8.26. The summed E-state index contributed by atoms with van der Waals surface area (Å²) < 4.78 is 18.6. The highest BCUT2D eigenvalue weighted by atomic mass is 19.1. The van der Waals surface area contributed by atoms with Crippen molar-refractivity contribution in [3.05, 3.63) is 82.2 Å². The number of nitro benzene ring substituents is 1. The Morgan fingerprint density at radius 2 is 1.79 bits per heavy atom. The molecule has 0 fully saturated rings. The molecule has 8 heteroatoms. The number of non-ortho nitro benzene ring substituents is 1. The molecule has 0 aliphatic heterocycles. The number of hydrogen-bond acceptors (Lipinski definition) is 5. The molecule has 0 bridgehead atoms. The lowest BCUT2D eigenvalue weighted by Gasteiger charge is -2.08. The number of ether oxygens (including phenoxy) is 1. The van der Waals surface area contributed by atoms with Crippen LogP contribution in [0.15, 0.2) is 60.7 Å². The second-order valence-electron chi connectivity index (χ2n) is 5.99. The van der Waals surface area contributed by atoms with Crippen LogP contribution in [0.1, 0.15) is 5.56 Å². The van der Waals surface area contributed by atoms with E-state index in [4.69, 9.17) is 4.74 Å². The maximum absolute atomic E-state index is 13.7. The van der Waals surface area contributed by atoms with Crippen molar-refractivity contribution in [1.82, 2.24) is 0 Å². The molecule has 28 heavy (non-hydrogen) atoms. The van der Waals surface area contributed by atoms with E-state index in [0.717, 1.165) is 34.5 Å². The van der Waals surface area contributed by atoms with Gasteiger partial charge in [0.1, 0.15) is 5.82 Å². The van der Waals surface area contributed by atoms with Crippen molar-refractivity contribution in [2.75, 3.05) is 11.9 Å². The first-order chi connectivity index (χ1) is 13.4. The molecule has 0 aliphatic carbocycles. The number of fused-ring (bicyclic) bond motifs is 1. The van der Waals surface area contributed by atoms with Crippen LogP contribution in [-0.4, -0.2) is 23.4 Å². The highest BCUT2D eigenvalue weighted by Crippen LogP contribution is 2.21. The van der Waals surface area contributed by atoms with Gasteiger partial charge in [0.05, 0.1) is 17.0 Å². The molecule has 3 aromatic rings. The van der Waals surface area contributed by atoms with Gasteiger partial charge < -0.3 is 10.1 Å². The lowest BCUT2D eigenvalue weighted by atomic mass is 10.1. The lowest BCUT2D eigenvalue weighted by molar-refractivity contribution is -0.384. The first-order valence-corrected chi connectivity index (χ1v) is 8.29. The highest BCUT2D eigenvalue weighted by Gasteiger charge is 2.14. The second-order valence-corrected chi connectivity index (χ2v) is 5.99. The van der Waals surface area contributed by atoms with E-state index in [9.17, 15) is 24.1 Å². The van der Waals surface area contributed by atoms with Gasteiger partial charge >= 0.3 is 5.97 Å². The van der Waals surface area contributed by atoms with Gasteiger partial charge in [-0.05, 0) is 22.4 Å². The molecule has 0 aromatic heterocycles. The van der Waals surface area contributed by atoms with Gasteiger partial charge in [0.15, 0.2) is 6.61 Å². The van der Waals surface area contributed by atoms with Crippen molar-refractivity contribution in [3.8, 4) is 0 Å². The number of rotatable bonds is 6. The van der Waals surface area contributed by atoms with Crippen LogP contribution in [-0.2, 0) is 20.7 Å². The Hall–Kier alpha value is -3.81. The van der Waals surface area contributed by atoms with Crippen LogP contribution in [0.4, 0.5) is 15.8 Å². The van der Waals surface area contributed by atoms with Gasteiger partial charge in [0.2, 0.25) is 0 Å². The number of nitrogens with zero attached hydrogens (tertiary/aromatic N) is 1. The average molecular weight is 382 g/mol. The Balaban J connectivity index is 1.56. The molecular weight excluding hydrogens is 367 g/mol. The van der Waals surface area contributed by atoms with Crippen LogP contribution in [0.5, 0.6) is 0 Å². The van der Waals surface area contributed by atoms with Crippen molar-refractivity contribution < 1.29 is 23.6 Å². The van der Waals surface area contributed by atoms with Crippen LogP contribution >= 0.6 is 0 Å². The zero-order valence-corrected chi connectivity index (χ0v) is 14.6. The first-order valence-electron chi connectivity index (χ1n) is 8.29. The van der Waals surface area contributed by atoms with Crippen molar-refractivity contribution in [3.63, 3.8) is 0 Å². The van der Waals surface area contributed by atoms with E-state index < -0.39 is 29.2 Å². The van der Waals surface area contributed by atoms with Crippen molar-refractivity contribution >= 4 is 34.0 Å². The topological polar surface area (TPSA) is 98.5 Å². The van der Waals surface area contributed by atoms with Crippen molar-refractivity contribution in [2.45, 2.75) is 6.42 Å². The Kier molecular flexibility index (Phi) is 5.59. The number of amides is 1. The molecule has 0 radical (unpaired) electrons. The molecule has 0 atom stereocenters. The largest absolute Gasteiger partial charge is 0.455 e. The number of halogens is 1. The third kappa shape index (κ3) is 4.67. The molecule has 3 rings (SSSR count). The van der Waals surface area contributed by atoms with Crippen LogP contribution in [0.3, 0.4) is 0 Å². The van der Waals surface area contributed by atoms with E-state index in [2.05, 4.69) is 5.32 Å². The third-order valence-electron chi connectivity index (χ3n) is 3.96. The van der Waals surface area contributed by atoms with Gasteiger partial charge in [-0.1, -0.05) is 42.5 Å². The Labute approximate surface area is 158 Å². The zero-order valence-electron chi connectivity index (χ0n) is 14.6. The van der Waals surface area contributed by atoms with Crippen molar-refractivity contribution in [1.29, 1.82) is 0 Å².